The Morgan fingerprint density at radius 1 is 1.33 bits per heavy atom. The van der Waals surface area contributed by atoms with E-state index in [1.807, 2.05) is 61.6 Å². The Morgan fingerprint density at radius 2 is 2.05 bits per heavy atom. The molecular weight excluding hydrogens is 282 g/mol. The molecule has 4 nitrogen and oxygen atoms in total. The van der Waals surface area contributed by atoms with Crippen molar-refractivity contribution in [3.8, 4) is 0 Å². The number of hydrogen-bond donors (Lipinski definition) is 1. The molecule has 1 aromatic carbocycles. The van der Waals surface area contributed by atoms with E-state index in [0.717, 1.165) is 22.0 Å². The normalized spacial score (nSPS) is 10.8. The van der Waals surface area contributed by atoms with Crippen molar-refractivity contribution in [3.63, 3.8) is 0 Å². The van der Waals surface area contributed by atoms with Crippen molar-refractivity contribution in [2.75, 3.05) is 19.0 Å². The fraction of sp³-hybridized carbons (Fsp3) is 0.250. The number of benzene rings is 1. The number of aromatic nitrogens is 1. The Labute approximate surface area is 129 Å². The lowest BCUT2D eigenvalue weighted by Crippen LogP contribution is -2.20. The minimum Gasteiger partial charge on any atom is -0.378 e. The lowest BCUT2D eigenvalue weighted by atomic mass is 10.2. The van der Waals surface area contributed by atoms with E-state index < -0.39 is 0 Å². The Morgan fingerprint density at radius 3 is 2.62 bits per heavy atom. The fourth-order valence-corrected chi connectivity index (χ4v) is 2.47. The maximum Gasteiger partial charge on any atom is 0.244 e. The van der Waals surface area contributed by atoms with Gasteiger partial charge in [-0.05, 0) is 30.7 Å². The van der Waals surface area contributed by atoms with Crippen molar-refractivity contribution in [3.05, 3.63) is 52.0 Å². The van der Waals surface area contributed by atoms with Crippen molar-refractivity contribution in [2.24, 2.45) is 0 Å². The molecule has 0 aliphatic carbocycles. The molecule has 2 rings (SSSR count). The standard InChI is InChI=1S/C16H19N3OS/c1-12-11-21-16(18-12)10-17-15(20)9-6-13-4-7-14(8-5-13)19(2)3/h4-9,11H,10H2,1-3H3,(H,17,20). The number of thiazole rings is 1. The van der Waals surface area contributed by atoms with Crippen LogP contribution in [0.5, 0.6) is 0 Å². The van der Waals surface area contributed by atoms with Crippen LogP contribution in [0.2, 0.25) is 0 Å². The third-order valence-electron chi connectivity index (χ3n) is 2.92. The SMILES string of the molecule is Cc1csc(CNC(=O)C=Cc2ccc(N(C)C)cc2)n1. The highest BCUT2D eigenvalue weighted by Crippen LogP contribution is 2.13. The molecule has 1 aromatic heterocycles. The Balaban J connectivity index is 1.86. The smallest absolute Gasteiger partial charge is 0.244 e. The van der Waals surface area contributed by atoms with Crippen LogP contribution >= 0.6 is 11.3 Å². The first kappa shape index (κ1) is 15.3. The summed E-state index contributed by atoms with van der Waals surface area (Å²) in [6, 6.07) is 8.03. The molecule has 0 aliphatic rings. The molecule has 110 valence electrons. The van der Waals surface area contributed by atoms with Crippen molar-refractivity contribution in [2.45, 2.75) is 13.5 Å². The zero-order valence-corrected chi connectivity index (χ0v) is 13.3. The number of aryl methyl sites for hydroxylation is 1. The van der Waals surface area contributed by atoms with Gasteiger partial charge in [0.05, 0.1) is 6.54 Å². The van der Waals surface area contributed by atoms with E-state index in [1.165, 1.54) is 0 Å². The van der Waals surface area contributed by atoms with E-state index in [1.54, 1.807) is 17.4 Å². The van der Waals surface area contributed by atoms with E-state index >= 15 is 0 Å². The van der Waals surface area contributed by atoms with Gasteiger partial charge in [-0.1, -0.05) is 12.1 Å². The number of nitrogens with zero attached hydrogens (tertiary/aromatic N) is 2. The zero-order valence-electron chi connectivity index (χ0n) is 12.5. The first-order valence-electron chi connectivity index (χ1n) is 6.69. The summed E-state index contributed by atoms with van der Waals surface area (Å²) in [5.41, 5.74) is 3.12. The van der Waals surface area contributed by atoms with Crippen molar-refractivity contribution in [1.29, 1.82) is 0 Å². The molecule has 5 heteroatoms. The molecule has 0 saturated carbocycles. The first-order valence-corrected chi connectivity index (χ1v) is 7.57. The maximum atomic E-state index is 11.7. The monoisotopic (exact) mass is 301 g/mol. The average Bonchev–Trinajstić information content (AvgIpc) is 2.89. The van der Waals surface area contributed by atoms with Crippen LogP contribution in [-0.4, -0.2) is 25.0 Å². The summed E-state index contributed by atoms with van der Waals surface area (Å²) in [6.07, 6.45) is 3.35. The van der Waals surface area contributed by atoms with Gasteiger partial charge in [-0.15, -0.1) is 11.3 Å². The third kappa shape index (κ3) is 4.72. The predicted molar refractivity (Wildman–Crippen MR) is 88.5 cm³/mol. The van der Waals surface area contributed by atoms with Gasteiger partial charge >= 0.3 is 0 Å². The van der Waals surface area contributed by atoms with Crippen LogP contribution in [0.1, 0.15) is 16.3 Å². The van der Waals surface area contributed by atoms with Crippen LogP contribution in [0.25, 0.3) is 6.08 Å². The molecule has 2 aromatic rings. The van der Waals surface area contributed by atoms with Crippen LogP contribution in [0.3, 0.4) is 0 Å². The van der Waals surface area contributed by atoms with E-state index in [4.69, 9.17) is 0 Å². The molecule has 0 bridgehead atoms. The summed E-state index contributed by atoms with van der Waals surface area (Å²) in [6.45, 7) is 2.42. The third-order valence-corrected chi connectivity index (χ3v) is 3.88. The van der Waals surface area contributed by atoms with E-state index in [9.17, 15) is 4.79 Å². The molecule has 1 amide bonds. The summed E-state index contributed by atoms with van der Waals surface area (Å²) in [7, 11) is 4.00. The minimum atomic E-state index is -0.112. The minimum absolute atomic E-state index is 0.112. The largest absolute Gasteiger partial charge is 0.378 e. The summed E-state index contributed by atoms with van der Waals surface area (Å²) in [4.78, 5) is 18.1. The summed E-state index contributed by atoms with van der Waals surface area (Å²) < 4.78 is 0. The van der Waals surface area contributed by atoms with Gasteiger partial charge in [0.25, 0.3) is 0 Å². The van der Waals surface area contributed by atoms with Gasteiger partial charge in [-0.25, -0.2) is 4.98 Å². The number of nitrogens with one attached hydrogen (secondary N) is 1. The van der Waals surface area contributed by atoms with Gasteiger partial charge in [0, 0.05) is 36.9 Å². The summed E-state index contributed by atoms with van der Waals surface area (Å²) in [5, 5.41) is 5.72. The number of amides is 1. The highest BCUT2D eigenvalue weighted by molar-refractivity contribution is 7.09. The van der Waals surface area contributed by atoms with Crippen molar-refractivity contribution >= 4 is 29.0 Å². The van der Waals surface area contributed by atoms with Gasteiger partial charge in [0.1, 0.15) is 5.01 Å². The van der Waals surface area contributed by atoms with E-state index in [-0.39, 0.29) is 5.91 Å². The number of carbonyl (C=O) groups excluding carboxylic acids is 1. The van der Waals surface area contributed by atoms with Crippen molar-refractivity contribution in [1.82, 2.24) is 10.3 Å². The van der Waals surface area contributed by atoms with Gasteiger partial charge in [-0.3, -0.25) is 4.79 Å². The Bertz CT molecular complexity index is 629. The molecule has 0 saturated heterocycles. The molecule has 0 aliphatic heterocycles. The molecule has 0 fully saturated rings. The van der Waals surface area contributed by atoms with Crippen LogP contribution in [-0.2, 0) is 11.3 Å². The first-order chi connectivity index (χ1) is 10.0. The lowest BCUT2D eigenvalue weighted by Gasteiger charge is -2.11. The van der Waals surface area contributed by atoms with Crippen LogP contribution in [0.4, 0.5) is 5.69 Å². The summed E-state index contributed by atoms with van der Waals surface area (Å²) >= 11 is 1.56. The van der Waals surface area contributed by atoms with Crippen LogP contribution < -0.4 is 10.2 Å². The van der Waals surface area contributed by atoms with Gasteiger partial charge in [0.2, 0.25) is 5.91 Å². The van der Waals surface area contributed by atoms with Crippen LogP contribution in [0, 0.1) is 6.92 Å². The summed E-state index contributed by atoms with van der Waals surface area (Å²) in [5.74, 6) is -0.112. The molecule has 1 heterocycles. The second-order valence-electron chi connectivity index (χ2n) is 4.92. The number of anilines is 1. The molecular formula is C16H19N3OS. The zero-order chi connectivity index (χ0) is 15.2. The second-order valence-corrected chi connectivity index (χ2v) is 5.86. The predicted octanol–water partition coefficient (Wildman–Crippen LogP) is 2.85. The van der Waals surface area contributed by atoms with Crippen LogP contribution in [0.15, 0.2) is 35.7 Å². The quantitative estimate of drug-likeness (QED) is 0.864. The van der Waals surface area contributed by atoms with Gasteiger partial charge < -0.3 is 10.2 Å². The Hall–Kier alpha value is -2.14. The topological polar surface area (TPSA) is 45.2 Å². The van der Waals surface area contributed by atoms with Gasteiger partial charge in [-0.2, -0.15) is 0 Å². The number of hydrogen-bond acceptors (Lipinski definition) is 4. The molecule has 21 heavy (non-hydrogen) atoms. The highest BCUT2D eigenvalue weighted by Gasteiger charge is 2.00. The maximum absolute atomic E-state index is 11.7. The lowest BCUT2D eigenvalue weighted by molar-refractivity contribution is -0.116. The van der Waals surface area contributed by atoms with Crippen molar-refractivity contribution < 1.29 is 4.79 Å². The molecule has 1 N–H and O–H groups in total. The van der Waals surface area contributed by atoms with E-state index in [0.29, 0.717) is 6.54 Å². The van der Waals surface area contributed by atoms with E-state index in [2.05, 4.69) is 10.3 Å². The average molecular weight is 301 g/mol. The second kappa shape index (κ2) is 7.04. The Kier molecular flexibility index (Phi) is 5.11. The molecule has 0 spiro atoms. The molecule has 0 unspecified atom stereocenters. The van der Waals surface area contributed by atoms with Gasteiger partial charge in [0.15, 0.2) is 0 Å². The number of carbonyl (C=O) groups is 1. The highest BCUT2D eigenvalue weighted by atomic mass is 32.1. The fourth-order valence-electron chi connectivity index (χ4n) is 1.76. The number of rotatable bonds is 5. The molecule has 0 atom stereocenters. The molecule has 0 radical (unpaired) electrons.